The lowest BCUT2D eigenvalue weighted by atomic mass is 9.96. The molecule has 0 spiro atoms. The maximum atomic E-state index is 11.4. The maximum Gasteiger partial charge on any atom is 0.221 e. The number of aliphatic hydroxyl groups is 1. The predicted molar refractivity (Wildman–Crippen MR) is 76.8 cm³/mol. The second kappa shape index (κ2) is 7.26. The maximum absolute atomic E-state index is 11.4. The van der Waals surface area contributed by atoms with Crippen LogP contribution in [0.3, 0.4) is 0 Å². The van der Waals surface area contributed by atoms with Crippen LogP contribution >= 0.6 is 0 Å². The molecular formula is C15H24N2O2. The molecule has 3 N–H and O–H groups in total. The molecule has 1 unspecified atom stereocenters. The summed E-state index contributed by atoms with van der Waals surface area (Å²) >= 11 is 0. The molecule has 0 aliphatic carbocycles. The van der Waals surface area contributed by atoms with Crippen LogP contribution in [0.15, 0.2) is 30.3 Å². The van der Waals surface area contributed by atoms with Crippen LogP contribution in [0.1, 0.15) is 32.8 Å². The second-order valence-electron chi connectivity index (χ2n) is 5.29. The van der Waals surface area contributed by atoms with Crippen LogP contribution in [-0.2, 0) is 10.4 Å². The Morgan fingerprint density at radius 2 is 1.95 bits per heavy atom. The molecule has 1 aromatic carbocycles. The van der Waals surface area contributed by atoms with Crippen LogP contribution < -0.4 is 10.6 Å². The Bertz CT molecular complexity index is 388. The molecule has 0 saturated heterocycles. The number of nitrogens with one attached hydrogen (secondary N) is 2. The number of benzene rings is 1. The van der Waals surface area contributed by atoms with Crippen molar-refractivity contribution in [3.8, 4) is 0 Å². The van der Waals surface area contributed by atoms with Gasteiger partial charge in [0, 0.05) is 25.6 Å². The van der Waals surface area contributed by atoms with Crippen molar-refractivity contribution in [3.63, 3.8) is 0 Å². The molecule has 0 heterocycles. The van der Waals surface area contributed by atoms with Gasteiger partial charge in [0.15, 0.2) is 0 Å². The third kappa shape index (κ3) is 5.85. The van der Waals surface area contributed by atoms with Gasteiger partial charge < -0.3 is 15.7 Å². The highest BCUT2D eigenvalue weighted by Crippen LogP contribution is 2.18. The number of hydrogen-bond acceptors (Lipinski definition) is 3. The minimum absolute atomic E-state index is 0.0295. The molecule has 1 amide bonds. The number of carbonyl (C=O) groups is 1. The Hall–Kier alpha value is -1.39. The van der Waals surface area contributed by atoms with Gasteiger partial charge in [-0.05, 0) is 26.3 Å². The van der Waals surface area contributed by atoms with Crippen molar-refractivity contribution >= 4 is 5.91 Å². The summed E-state index contributed by atoms with van der Waals surface area (Å²) in [5, 5.41) is 16.3. The number of hydrogen-bond donors (Lipinski definition) is 3. The fourth-order valence-electron chi connectivity index (χ4n) is 1.83. The molecule has 0 bridgehead atoms. The molecule has 1 aromatic rings. The summed E-state index contributed by atoms with van der Waals surface area (Å²) in [7, 11) is 0. The van der Waals surface area contributed by atoms with Crippen molar-refractivity contribution in [1.82, 2.24) is 10.6 Å². The van der Waals surface area contributed by atoms with Gasteiger partial charge in [-0.3, -0.25) is 4.79 Å². The second-order valence-corrected chi connectivity index (χ2v) is 5.29. The van der Waals surface area contributed by atoms with Crippen LogP contribution in [-0.4, -0.2) is 30.1 Å². The van der Waals surface area contributed by atoms with Gasteiger partial charge in [0.2, 0.25) is 5.91 Å². The predicted octanol–water partition coefficient (Wildman–Crippen LogP) is 1.40. The summed E-state index contributed by atoms with van der Waals surface area (Å²) in [5.74, 6) is 0.0295. The third-order valence-electron chi connectivity index (χ3n) is 2.84. The van der Waals surface area contributed by atoms with Gasteiger partial charge in [-0.1, -0.05) is 30.3 Å². The van der Waals surface area contributed by atoms with Gasteiger partial charge in [0.25, 0.3) is 0 Å². The van der Waals surface area contributed by atoms with Gasteiger partial charge in [-0.15, -0.1) is 0 Å². The van der Waals surface area contributed by atoms with Crippen LogP contribution in [0.2, 0.25) is 0 Å². The summed E-state index contributed by atoms with van der Waals surface area (Å²) in [6.07, 6.45) is 0.420. The molecule has 4 heteroatoms. The zero-order valence-corrected chi connectivity index (χ0v) is 11.9. The van der Waals surface area contributed by atoms with Gasteiger partial charge in [-0.25, -0.2) is 0 Å². The van der Waals surface area contributed by atoms with Crippen molar-refractivity contribution in [2.24, 2.45) is 0 Å². The topological polar surface area (TPSA) is 61.4 Å². The highest BCUT2D eigenvalue weighted by molar-refractivity contribution is 5.76. The lowest BCUT2D eigenvalue weighted by molar-refractivity contribution is -0.121. The zero-order chi connectivity index (χ0) is 14.3. The Kier molecular flexibility index (Phi) is 5.99. The molecular weight excluding hydrogens is 240 g/mol. The average Bonchev–Trinajstić information content (AvgIpc) is 2.35. The van der Waals surface area contributed by atoms with Crippen molar-refractivity contribution in [2.75, 3.05) is 13.1 Å². The van der Waals surface area contributed by atoms with Crippen molar-refractivity contribution in [1.29, 1.82) is 0 Å². The molecule has 0 aromatic heterocycles. The Balaban J connectivity index is 2.31. The summed E-state index contributed by atoms with van der Waals surface area (Å²) in [4.78, 5) is 11.4. The summed E-state index contributed by atoms with van der Waals surface area (Å²) in [6.45, 7) is 6.62. The van der Waals surface area contributed by atoms with E-state index in [1.54, 1.807) is 6.92 Å². The number of amides is 1. The first-order valence-electron chi connectivity index (χ1n) is 6.70. The van der Waals surface area contributed by atoms with Gasteiger partial charge >= 0.3 is 0 Å². The number of carbonyl (C=O) groups excluding carboxylic acids is 1. The molecule has 0 saturated carbocycles. The van der Waals surface area contributed by atoms with E-state index in [9.17, 15) is 9.90 Å². The van der Waals surface area contributed by atoms with Crippen LogP contribution in [0.4, 0.5) is 0 Å². The number of rotatable bonds is 7. The minimum Gasteiger partial charge on any atom is -0.384 e. The smallest absolute Gasteiger partial charge is 0.221 e. The van der Waals surface area contributed by atoms with Gasteiger partial charge in [0.1, 0.15) is 0 Å². The molecule has 1 atom stereocenters. The lowest BCUT2D eigenvalue weighted by Crippen LogP contribution is -2.38. The molecule has 0 fully saturated rings. The highest BCUT2D eigenvalue weighted by Gasteiger charge is 2.21. The van der Waals surface area contributed by atoms with E-state index in [0.717, 1.165) is 5.56 Å². The van der Waals surface area contributed by atoms with Crippen LogP contribution in [0, 0.1) is 0 Å². The average molecular weight is 264 g/mol. The molecule has 0 radical (unpaired) electrons. The highest BCUT2D eigenvalue weighted by atomic mass is 16.3. The fraction of sp³-hybridized carbons (Fsp3) is 0.533. The van der Waals surface area contributed by atoms with E-state index >= 15 is 0 Å². The Labute approximate surface area is 115 Å². The van der Waals surface area contributed by atoms with E-state index < -0.39 is 5.60 Å². The summed E-state index contributed by atoms with van der Waals surface area (Å²) in [5.41, 5.74) is -0.0513. The minimum atomic E-state index is -0.921. The molecule has 106 valence electrons. The van der Waals surface area contributed by atoms with E-state index in [2.05, 4.69) is 10.6 Å². The summed E-state index contributed by atoms with van der Waals surface area (Å²) in [6, 6.07) is 9.68. The molecule has 0 aliphatic heterocycles. The van der Waals surface area contributed by atoms with Crippen molar-refractivity contribution in [3.05, 3.63) is 35.9 Å². The monoisotopic (exact) mass is 264 g/mol. The Morgan fingerprint density at radius 3 is 2.53 bits per heavy atom. The largest absolute Gasteiger partial charge is 0.384 e. The van der Waals surface area contributed by atoms with Crippen LogP contribution in [0.5, 0.6) is 0 Å². The SMILES string of the molecule is CC(C)NC(=O)CCNCC(C)(O)c1ccccc1. The van der Waals surface area contributed by atoms with E-state index in [1.165, 1.54) is 0 Å². The third-order valence-corrected chi connectivity index (χ3v) is 2.84. The van der Waals surface area contributed by atoms with E-state index in [0.29, 0.717) is 19.5 Å². The quantitative estimate of drug-likeness (QED) is 0.652. The first-order valence-corrected chi connectivity index (χ1v) is 6.70. The zero-order valence-electron chi connectivity index (χ0n) is 11.9. The van der Waals surface area contributed by atoms with E-state index in [4.69, 9.17) is 0 Å². The van der Waals surface area contributed by atoms with Crippen molar-refractivity contribution < 1.29 is 9.90 Å². The van der Waals surface area contributed by atoms with Crippen LogP contribution in [0.25, 0.3) is 0 Å². The van der Waals surface area contributed by atoms with Gasteiger partial charge in [-0.2, -0.15) is 0 Å². The molecule has 0 aliphatic rings. The first-order chi connectivity index (χ1) is 8.92. The van der Waals surface area contributed by atoms with E-state index in [-0.39, 0.29) is 11.9 Å². The fourth-order valence-corrected chi connectivity index (χ4v) is 1.83. The van der Waals surface area contributed by atoms with E-state index in [1.807, 2.05) is 44.2 Å². The van der Waals surface area contributed by atoms with Crippen molar-refractivity contribution in [2.45, 2.75) is 38.8 Å². The Morgan fingerprint density at radius 1 is 1.32 bits per heavy atom. The lowest BCUT2D eigenvalue weighted by Gasteiger charge is -2.24. The standard InChI is InChI=1S/C15H24N2O2/c1-12(2)17-14(18)9-10-16-11-15(3,19)13-7-5-4-6-8-13/h4-8,12,16,19H,9-11H2,1-3H3,(H,17,18). The molecule has 4 nitrogen and oxygen atoms in total. The molecule has 1 rings (SSSR count). The molecule has 19 heavy (non-hydrogen) atoms. The normalized spacial score (nSPS) is 14.2. The summed E-state index contributed by atoms with van der Waals surface area (Å²) < 4.78 is 0. The first kappa shape index (κ1) is 15.7. The van der Waals surface area contributed by atoms with Gasteiger partial charge in [0.05, 0.1) is 5.60 Å².